The lowest BCUT2D eigenvalue weighted by atomic mass is 10.2. The number of ether oxygens (including phenoxy) is 3. The number of anilines is 1. The van der Waals surface area contributed by atoms with Crippen molar-refractivity contribution in [3.63, 3.8) is 0 Å². The Labute approximate surface area is 144 Å². The van der Waals surface area contributed by atoms with Gasteiger partial charge < -0.3 is 19.5 Å². The Bertz CT molecular complexity index is 715. The topological polar surface area (TPSA) is 69.7 Å². The standard InChI is InChI=1S/C17H17ClN2O4/c1-22-15-4-3-12(8-14(15)18)20-17(21)11-2-5-16(19-9-11)24-13-6-7-23-10-13/h2-5,8-9,13H,6-7,10H2,1H3,(H,20,21)/t13-/m1/s1. The van der Waals surface area contributed by atoms with Crippen LogP contribution in [0.15, 0.2) is 36.5 Å². The van der Waals surface area contributed by atoms with Crippen molar-refractivity contribution in [1.29, 1.82) is 0 Å². The number of halogens is 1. The summed E-state index contributed by atoms with van der Waals surface area (Å²) in [7, 11) is 1.53. The van der Waals surface area contributed by atoms with Crippen LogP contribution in [0.4, 0.5) is 5.69 Å². The van der Waals surface area contributed by atoms with Crippen LogP contribution in [0.5, 0.6) is 11.6 Å². The lowest BCUT2D eigenvalue weighted by molar-refractivity contribution is 0.102. The van der Waals surface area contributed by atoms with E-state index in [1.54, 1.807) is 30.3 Å². The van der Waals surface area contributed by atoms with Crippen LogP contribution in [-0.2, 0) is 4.74 Å². The Morgan fingerprint density at radius 1 is 1.38 bits per heavy atom. The zero-order valence-corrected chi connectivity index (χ0v) is 13.9. The van der Waals surface area contributed by atoms with E-state index >= 15 is 0 Å². The predicted molar refractivity (Wildman–Crippen MR) is 90.0 cm³/mol. The molecule has 1 atom stereocenters. The van der Waals surface area contributed by atoms with Crippen molar-refractivity contribution in [3.05, 3.63) is 47.1 Å². The second kappa shape index (κ2) is 7.51. The number of nitrogens with zero attached hydrogens (tertiary/aromatic N) is 1. The Kier molecular flexibility index (Phi) is 5.17. The number of benzene rings is 1. The minimum absolute atomic E-state index is 0.0265. The van der Waals surface area contributed by atoms with Crippen molar-refractivity contribution in [2.45, 2.75) is 12.5 Å². The van der Waals surface area contributed by atoms with Gasteiger partial charge in [0.2, 0.25) is 5.88 Å². The molecule has 1 aliphatic rings. The molecule has 6 nitrogen and oxygen atoms in total. The molecule has 0 unspecified atom stereocenters. The second-order valence-corrected chi connectivity index (χ2v) is 5.70. The smallest absolute Gasteiger partial charge is 0.257 e. The molecule has 0 aliphatic carbocycles. The lowest BCUT2D eigenvalue weighted by Crippen LogP contribution is -2.17. The number of carbonyl (C=O) groups excluding carboxylic acids is 1. The van der Waals surface area contributed by atoms with Gasteiger partial charge in [-0.05, 0) is 24.3 Å². The first-order valence-corrected chi connectivity index (χ1v) is 7.89. The number of nitrogens with one attached hydrogen (secondary N) is 1. The van der Waals surface area contributed by atoms with Gasteiger partial charge in [0.15, 0.2) is 0 Å². The summed E-state index contributed by atoms with van der Waals surface area (Å²) in [5.41, 5.74) is 1.01. The summed E-state index contributed by atoms with van der Waals surface area (Å²) >= 11 is 6.05. The van der Waals surface area contributed by atoms with E-state index in [0.717, 1.165) is 6.42 Å². The van der Waals surface area contributed by atoms with Crippen molar-refractivity contribution in [2.75, 3.05) is 25.6 Å². The summed E-state index contributed by atoms with van der Waals surface area (Å²) in [6.07, 6.45) is 2.35. The number of hydrogen-bond donors (Lipinski definition) is 1. The molecular formula is C17H17ClN2O4. The van der Waals surface area contributed by atoms with Gasteiger partial charge in [-0.3, -0.25) is 4.79 Å². The third kappa shape index (κ3) is 3.96. The highest BCUT2D eigenvalue weighted by atomic mass is 35.5. The fourth-order valence-electron chi connectivity index (χ4n) is 2.31. The van der Waals surface area contributed by atoms with E-state index < -0.39 is 0 Å². The van der Waals surface area contributed by atoms with Crippen molar-refractivity contribution in [2.24, 2.45) is 0 Å². The van der Waals surface area contributed by atoms with Crippen LogP contribution >= 0.6 is 11.6 Å². The van der Waals surface area contributed by atoms with Gasteiger partial charge in [-0.25, -0.2) is 4.98 Å². The van der Waals surface area contributed by atoms with Crippen molar-refractivity contribution < 1.29 is 19.0 Å². The second-order valence-electron chi connectivity index (χ2n) is 5.29. The molecule has 0 spiro atoms. The van der Waals surface area contributed by atoms with E-state index in [0.29, 0.717) is 41.1 Å². The number of aromatic nitrogens is 1. The van der Waals surface area contributed by atoms with E-state index in [4.69, 9.17) is 25.8 Å². The van der Waals surface area contributed by atoms with Crippen LogP contribution < -0.4 is 14.8 Å². The van der Waals surface area contributed by atoms with E-state index in [1.165, 1.54) is 13.3 Å². The number of methoxy groups -OCH3 is 1. The Morgan fingerprint density at radius 2 is 2.25 bits per heavy atom. The summed E-state index contributed by atoms with van der Waals surface area (Å²) < 4.78 is 16.0. The molecule has 1 saturated heterocycles. The third-order valence-corrected chi connectivity index (χ3v) is 3.88. The maximum absolute atomic E-state index is 12.2. The lowest BCUT2D eigenvalue weighted by Gasteiger charge is -2.11. The van der Waals surface area contributed by atoms with Crippen LogP contribution in [0, 0.1) is 0 Å². The highest BCUT2D eigenvalue weighted by Crippen LogP contribution is 2.27. The fourth-order valence-corrected chi connectivity index (χ4v) is 2.57. The SMILES string of the molecule is COc1ccc(NC(=O)c2ccc(O[C@@H]3CCOC3)nc2)cc1Cl. The van der Waals surface area contributed by atoms with Gasteiger partial charge >= 0.3 is 0 Å². The minimum atomic E-state index is -0.278. The van der Waals surface area contributed by atoms with Gasteiger partial charge in [0.05, 0.1) is 30.9 Å². The Balaban J connectivity index is 1.63. The number of amides is 1. The zero-order chi connectivity index (χ0) is 16.9. The van der Waals surface area contributed by atoms with Gasteiger partial charge in [0.1, 0.15) is 11.9 Å². The van der Waals surface area contributed by atoms with Gasteiger partial charge in [-0.15, -0.1) is 0 Å². The predicted octanol–water partition coefficient (Wildman–Crippen LogP) is 3.16. The number of hydrogen-bond acceptors (Lipinski definition) is 5. The average molecular weight is 349 g/mol. The molecule has 1 fully saturated rings. The molecule has 1 aromatic heterocycles. The molecule has 2 aromatic rings. The Hall–Kier alpha value is -2.31. The fraction of sp³-hybridized carbons (Fsp3) is 0.294. The van der Waals surface area contributed by atoms with Gasteiger partial charge in [0.25, 0.3) is 5.91 Å². The average Bonchev–Trinajstić information content (AvgIpc) is 3.08. The Morgan fingerprint density at radius 3 is 2.88 bits per heavy atom. The summed E-state index contributed by atoms with van der Waals surface area (Å²) in [6.45, 7) is 1.28. The maximum atomic E-state index is 12.2. The molecule has 126 valence electrons. The summed E-state index contributed by atoms with van der Waals surface area (Å²) in [4.78, 5) is 16.4. The molecule has 1 aromatic carbocycles. The molecule has 1 amide bonds. The molecule has 0 saturated carbocycles. The molecule has 0 bridgehead atoms. The van der Waals surface area contributed by atoms with Crippen LogP contribution in [-0.4, -0.2) is 37.3 Å². The molecule has 0 radical (unpaired) electrons. The molecule has 2 heterocycles. The zero-order valence-electron chi connectivity index (χ0n) is 13.1. The first-order chi connectivity index (χ1) is 11.7. The first-order valence-electron chi connectivity index (χ1n) is 7.51. The van der Waals surface area contributed by atoms with E-state index in [-0.39, 0.29) is 12.0 Å². The summed E-state index contributed by atoms with van der Waals surface area (Å²) in [5.74, 6) is 0.753. The molecule has 1 N–H and O–H groups in total. The van der Waals surface area contributed by atoms with Crippen LogP contribution in [0.3, 0.4) is 0 Å². The molecule has 1 aliphatic heterocycles. The van der Waals surface area contributed by atoms with Crippen LogP contribution in [0.25, 0.3) is 0 Å². The first kappa shape index (κ1) is 16.5. The minimum Gasteiger partial charge on any atom is -0.495 e. The molecule has 7 heteroatoms. The maximum Gasteiger partial charge on any atom is 0.257 e. The third-order valence-electron chi connectivity index (χ3n) is 3.58. The quantitative estimate of drug-likeness (QED) is 0.898. The molecule has 24 heavy (non-hydrogen) atoms. The van der Waals surface area contributed by atoms with E-state index in [1.807, 2.05) is 0 Å². The largest absolute Gasteiger partial charge is 0.495 e. The van der Waals surface area contributed by atoms with Crippen LogP contribution in [0.1, 0.15) is 16.8 Å². The number of pyridine rings is 1. The number of carbonyl (C=O) groups is 1. The molecule has 3 rings (SSSR count). The van der Waals surface area contributed by atoms with E-state index in [9.17, 15) is 4.79 Å². The monoisotopic (exact) mass is 348 g/mol. The normalized spacial score (nSPS) is 16.7. The van der Waals surface area contributed by atoms with E-state index in [2.05, 4.69) is 10.3 Å². The van der Waals surface area contributed by atoms with Gasteiger partial charge in [0, 0.05) is 24.4 Å². The van der Waals surface area contributed by atoms with Crippen LogP contribution in [0.2, 0.25) is 5.02 Å². The summed E-state index contributed by atoms with van der Waals surface area (Å²) in [6, 6.07) is 8.38. The van der Waals surface area contributed by atoms with Crippen molar-refractivity contribution >= 4 is 23.2 Å². The highest BCUT2D eigenvalue weighted by Gasteiger charge is 2.18. The van der Waals surface area contributed by atoms with Crippen molar-refractivity contribution in [1.82, 2.24) is 4.98 Å². The summed E-state index contributed by atoms with van der Waals surface area (Å²) in [5, 5.41) is 3.19. The van der Waals surface area contributed by atoms with Crippen molar-refractivity contribution in [3.8, 4) is 11.6 Å². The number of rotatable bonds is 5. The highest BCUT2D eigenvalue weighted by molar-refractivity contribution is 6.32. The molecular weight excluding hydrogens is 332 g/mol. The van der Waals surface area contributed by atoms with Gasteiger partial charge in [-0.2, -0.15) is 0 Å². The van der Waals surface area contributed by atoms with Gasteiger partial charge in [-0.1, -0.05) is 11.6 Å².